The molecular weight excluding hydrogens is 286 g/mol. The molecule has 1 N–H and O–H groups in total. The highest BCUT2D eigenvalue weighted by Crippen LogP contribution is 2.25. The Kier molecular flexibility index (Phi) is 7.35. The highest BCUT2D eigenvalue weighted by atomic mass is 32.2. The lowest BCUT2D eigenvalue weighted by molar-refractivity contribution is 0.170. The zero-order chi connectivity index (χ0) is 15.9. The molecule has 4 nitrogen and oxygen atoms in total. The number of hydrogen-bond donors (Lipinski definition) is 1. The Balaban J connectivity index is 2.91. The normalized spacial score (nSPS) is 14.9. The fourth-order valence-corrected chi connectivity index (χ4v) is 2.97. The quantitative estimate of drug-likeness (QED) is 0.761. The monoisotopic (exact) mass is 313 g/mol. The van der Waals surface area contributed by atoms with Gasteiger partial charge in [0.25, 0.3) is 0 Å². The molecule has 0 aliphatic rings. The Morgan fingerprint density at radius 3 is 2.33 bits per heavy atom. The summed E-state index contributed by atoms with van der Waals surface area (Å²) in [5, 5.41) is 3.55. The molecule has 5 heteroatoms. The van der Waals surface area contributed by atoms with Gasteiger partial charge in [-0.3, -0.25) is 0 Å². The van der Waals surface area contributed by atoms with E-state index >= 15 is 0 Å². The highest BCUT2D eigenvalue weighted by Gasteiger charge is 2.19. The van der Waals surface area contributed by atoms with Crippen molar-refractivity contribution in [1.82, 2.24) is 5.32 Å². The minimum absolute atomic E-state index is 0.216. The van der Waals surface area contributed by atoms with E-state index in [0.29, 0.717) is 10.8 Å². The minimum Gasteiger partial charge on any atom is -0.385 e. The first kappa shape index (κ1) is 18.1. The molecule has 0 bridgehead atoms. The van der Waals surface area contributed by atoms with Crippen LogP contribution in [-0.2, 0) is 14.6 Å². The molecule has 21 heavy (non-hydrogen) atoms. The van der Waals surface area contributed by atoms with Crippen LogP contribution in [0.3, 0.4) is 0 Å². The predicted molar refractivity (Wildman–Crippen MR) is 86.2 cm³/mol. The molecule has 0 aliphatic carbocycles. The Bertz CT molecular complexity index is 511. The summed E-state index contributed by atoms with van der Waals surface area (Å²) in [6.07, 6.45) is 3.26. The van der Waals surface area contributed by atoms with Crippen molar-refractivity contribution in [3.8, 4) is 0 Å². The molecule has 1 aromatic rings. The van der Waals surface area contributed by atoms with Crippen molar-refractivity contribution >= 4 is 9.84 Å². The summed E-state index contributed by atoms with van der Waals surface area (Å²) < 4.78 is 28.2. The summed E-state index contributed by atoms with van der Waals surface area (Å²) in [6, 6.07) is 7.41. The number of methoxy groups -OCH3 is 1. The van der Waals surface area contributed by atoms with Crippen molar-refractivity contribution < 1.29 is 13.2 Å². The molecule has 0 aliphatic heterocycles. The maximum absolute atomic E-state index is 11.5. The van der Waals surface area contributed by atoms with Gasteiger partial charge in [0.2, 0.25) is 0 Å². The second-order valence-electron chi connectivity index (χ2n) is 5.53. The van der Waals surface area contributed by atoms with E-state index in [2.05, 4.69) is 19.2 Å². The summed E-state index contributed by atoms with van der Waals surface area (Å²) in [5.74, 6) is 0.417. The molecule has 0 fully saturated rings. The number of sulfone groups is 1. The molecular formula is C16H27NO3S. The zero-order valence-electron chi connectivity index (χ0n) is 13.4. The highest BCUT2D eigenvalue weighted by molar-refractivity contribution is 7.90. The van der Waals surface area contributed by atoms with E-state index in [1.54, 1.807) is 19.2 Å². The number of benzene rings is 1. The summed E-state index contributed by atoms with van der Waals surface area (Å²) in [7, 11) is -1.43. The molecule has 0 aromatic heterocycles. The van der Waals surface area contributed by atoms with Gasteiger partial charge in [-0.05, 0) is 43.0 Å². The molecule has 0 radical (unpaired) electrons. The Hall–Kier alpha value is -0.910. The van der Waals surface area contributed by atoms with Gasteiger partial charge in [0.05, 0.1) is 4.90 Å². The molecule has 1 rings (SSSR count). The van der Waals surface area contributed by atoms with Crippen molar-refractivity contribution in [3.63, 3.8) is 0 Å². The van der Waals surface area contributed by atoms with Crippen LogP contribution < -0.4 is 5.32 Å². The zero-order valence-corrected chi connectivity index (χ0v) is 14.2. The van der Waals surface area contributed by atoms with Gasteiger partial charge in [-0.25, -0.2) is 8.42 Å². The van der Waals surface area contributed by atoms with Crippen molar-refractivity contribution in [2.24, 2.45) is 5.92 Å². The van der Waals surface area contributed by atoms with Crippen LogP contribution in [0, 0.1) is 5.92 Å². The molecule has 0 saturated heterocycles. The topological polar surface area (TPSA) is 55.4 Å². The van der Waals surface area contributed by atoms with Crippen molar-refractivity contribution in [3.05, 3.63) is 29.8 Å². The molecule has 120 valence electrons. The van der Waals surface area contributed by atoms with Crippen LogP contribution in [0.2, 0.25) is 0 Å². The third-order valence-corrected chi connectivity index (χ3v) is 4.76. The number of ether oxygens (including phenoxy) is 1. The van der Waals surface area contributed by atoms with Gasteiger partial charge in [0.1, 0.15) is 0 Å². The van der Waals surface area contributed by atoms with Crippen molar-refractivity contribution in [1.29, 1.82) is 0 Å². The van der Waals surface area contributed by atoms with Crippen LogP contribution in [0.4, 0.5) is 0 Å². The predicted octanol–water partition coefficient (Wildman–Crippen LogP) is 2.80. The lowest BCUT2D eigenvalue weighted by atomic mass is 9.92. The summed E-state index contributed by atoms with van der Waals surface area (Å²) >= 11 is 0. The molecule has 0 spiro atoms. The SMILES string of the molecule is CCCNC(c1ccc(S(C)(=O)=O)cc1)C(C)CCOC. The second-order valence-corrected chi connectivity index (χ2v) is 7.55. The van der Waals surface area contributed by atoms with Gasteiger partial charge in [0.15, 0.2) is 9.84 Å². The fourth-order valence-electron chi connectivity index (χ4n) is 2.34. The van der Waals surface area contributed by atoms with Crippen LogP contribution in [-0.4, -0.2) is 34.9 Å². The van der Waals surface area contributed by atoms with Crippen LogP contribution in [0.25, 0.3) is 0 Å². The Morgan fingerprint density at radius 2 is 1.86 bits per heavy atom. The molecule has 0 saturated carbocycles. The Morgan fingerprint density at radius 1 is 1.24 bits per heavy atom. The van der Waals surface area contributed by atoms with E-state index in [1.165, 1.54) is 6.26 Å². The fraction of sp³-hybridized carbons (Fsp3) is 0.625. The van der Waals surface area contributed by atoms with E-state index in [4.69, 9.17) is 4.74 Å². The molecule has 0 heterocycles. The largest absolute Gasteiger partial charge is 0.385 e. The van der Waals surface area contributed by atoms with E-state index < -0.39 is 9.84 Å². The van der Waals surface area contributed by atoms with Gasteiger partial charge in [0, 0.05) is 26.0 Å². The lowest BCUT2D eigenvalue weighted by Crippen LogP contribution is -2.28. The maximum Gasteiger partial charge on any atom is 0.175 e. The smallest absolute Gasteiger partial charge is 0.175 e. The average Bonchev–Trinajstić information content (AvgIpc) is 2.45. The van der Waals surface area contributed by atoms with Gasteiger partial charge < -0.3 is 10.1 Å². The first-order valence-corrected chi connectivity index (χ1v) is 9.31. The van der Waals surface area contributed by atoms with E-state index in [-0.39, 0.29) is 6.04 Å². The van der Waals surface area contributed by atoms with Crippen LogP contribution in [0.15, 0.2) is 29.2 Å². The molecule has 0 amide bonds. The molecule has 1 aromatic carbocycles. The first-order chi connectivity index (χ1) is 9.90. The third-order valence-electron chi connectivity index (χ3n) is 3.63. The van der Waals surface area contributed by atoms with Gasteiger partial charge in [-0.1, -0.05) is 26.0 Å². The summed E-state index contributed by atoms with van der Waals surface area (Å²) in [4.78, 5) is 0.366. The lowest BCUT2D eigenvalue weighted by Gasteiger charge is -2.26. The standard InChI is InChI=1S/C16H27NO3S/c1-5-11-17-16(13(2)10-12-20-3)14-6-8-15(9-7-14)21(4,18)19/h6-9,13,16-17H,5,10-12H2,1-4H3. The minimum atomic E-state index is -3.14. The third kappa shape index (κ3) is 5.77. The number of rotatable bonds is 9. The van der Waals surface area contributed by atoms with E-state index in [9.17, 15) is 8.42 Å². The number of nitrogens with one attached hydrogen (secondary N) is 1. The van der Waals surface area contributed by atoms with Crippen LogP contribution in [0.1, 0.15) is 38.3 Å². The molecule has 2 unspecified atom stereocenters. The van der Waals surface area contributed by atoms with Crippen LogP contribution >= 0.6 is 0 Å². The molecule has 2 atom stereocenters. The van der Waals surface area contributed by atoms with Crippen molar-refractivity contribution in [2.75, 3.05) is 26.5 Å². The first-order valence-electron chi connectivity index (χ1n) is 7.42. The number of hydrogen-bond acceptors (Lipinski definition) is 4. The van der Waals surface area contributed by atoms with Gasteiger partial charge in [-0.2, -0.15) is 0 Å². The van der Waals surface area contributed by atoms with Gasteiger partial charge in [-0.15, -0.1) is 0 Å². The summed E-state index contributed by atoms with van der Waals surface area (Å²) in [6.45, 7) is 6.00. The van der Waals surface area contributed by atoms with Crippen LogP contribution in [0.5, 0.6) is 0 Å². The van der Waals surface area contributed by atoms with Crippen molar-refractivity contribution in [2.45, 2.75) is 37.6 Å². The average molecular weight is 313 g/mol. The van der Waals surface area contributed by atoms with E-state index in [0.717, 1.165) is 31.6 Å². The Labute approximate surface area is 128 Å². The van der Waals surface area contributed by atoms with Gasteiger partial charge >= 0.3 is 0 Å². The van der Waals surface area contributed by atoms with E-state index in [1.807, 2.05) is 12.1 Å². The summed E-state index contributed by atoms with van der Waals surface area (Å²) in [5.41, 5.74) is 1.12. The maximum atomic E-state index is 11.5. The second kappa shape index (κ2) is 8.51.